The van der Waals surface area contributed by atoms with Gasteiger partial charge in [-0.3, -0.25) is 0 Å². The molecule has 1 unspecified atom stereocenters. The van der Waals surface area contributed by atoms with Crippen LogP contribution >= 0.6 is 38.9 Å². The van der Waals surface area contributed by atoms with Gasteiger partial charge in [-0.05, 0) is 52.5 Å². The van der Waals surface area contributed by atoms with Crippen LogP contribution in [0.1, 0.15) is 22.9 Å². The Morgan fingerprint density at radius 3 is 2.86 bits per heavy atom. The summed E-state index contributed by atoms with van der Waals surface area (Å²) in [6.07, 6.45) is 2.12. The Kier molecular flexibility index (Phi) is 3.13. The van der Waals surface area contributed by atoms with E-state index in [-0.39, 0.29) is 11.7 Å². The van der Waals surface area contributed by atoms with Crippen molar-refractivity contribution in [2.24, 2.45) is 0 Å². The molecule has 0 aliphatic heterocycles. The molecule has 2 aromatic heterocycles. The highest BCUT2D eigenvalue weighted by molar-refractivity contribution is 9.10. The normalized spacial score (nSPS) is 17.3. The average molecular weight is 385 g/mol. The van der Waals surface area contributed by atoms with Crippen LogP contribution in [0.3, 0.4) is 0 Å². The number of hydrogen-bond acceptors (Lipinski definition) is 3. The number of hydrogen-bond donors (Lipinski definition) is 3. The number of aromatic nitrogens is 2. The molecule has 3 N–H and O–H groups in total. The van der Waals surface area contributed by atoms with E-state index in [2.05, 4.69) is 37.3 Å². The second kappa shape index (κ2) is 4.90. The summed E-state index contributed by atoms with van der Waals surface area (Å²) >= 11 is 11.3. The Hall–Kier alpha value is -1.24. The van der Waals surface area contributed by atoms with Gasteiger partial charge < -0.3 is 15.3 Å². The molecule has 4 rings (SSSR count). The lowest BCUT2D eigenvalue weighted by Crippen LogP contribution is -2.07. The van der Waals surface area contributed by atoms with Gasteiger partial charge in [0.2, 0.25) is 0 Å². The maximum absolute atomic E-state index is 11.4. The van der Waals surface area contributed by atoms with Crippen LogP contribution in [0.5, 0.6) is 0 Å². The molecule has 0 spiro atoms. The van der Waals surface area contributed by atoms with E-state index in [1.807, 2.05) is 12.1 Å². The molecule has 21 heavy (non-hydrogen) atoms. The summed E-state index contributed by atoms with van der Waals surface area (Å²) in [6, 6.07) is 6.18. The molecular formula is C14H11BrClN3OS. The molecule has 108 valence electrons. The number of anilines is 1. The summed E-state index contributed by atoms with van der Waals surface area (Å²) in [5, 5.41) is 3.55. The van der Waals surface area contributed by atoms with Gasteiger partial charge >= 0.3 is 5.69 Å². The number of nitrogens with one attached hydrogen (secondary N) is 3. The molecule has 0 radical (unpaired) electrons. The number of aryl methyl sites for hydroxylation is 1. The van der Waals surface area contributed by atoms with E-state index in [0.717, 1.165) is 38.4 Å². The molecular weight excluding hydrogens is 374 g/mol. The van der Waals surface area contributed by atoms with Crippen LogP contribution in [0, 0.1) is 0 Å². The molecule has 1 aliphatic rings. The van der Waals surface area contributed by atoms with Crippen LogP contribution < -0.4 is 11.0 Å². The van der Waals surface area contributed by atoms with Gasteiger partial charge in [0, 0.05) is 9.35 Å². The molecule has 4 nitrogen and oxygen atoms in total. The van der Waals surface area contributed by atoms with Crippen LogP contribution in [0.4, 0.5) is 5.69 Å². The summed E-state index contributed by atoms with van der Waals surface area (Å²) in [6.45, 7) is 0. The van der Waals surface area contributed by atoms with Crippen LogP contribution in [0.2, 0.25) is 4.34 Å². The predicted octanol–water partition coefficient (Wildman–Crippen LogP) is 4.43. The standard InChI is InChI=1S/C14H11BrClN3OS/c15-7-4-10-11(19-14(20)18-10)5-9(7)17-8-1-2-12-6(8)3-13(16)21-12/h3-5,8,17H,1-2H2,(H2,18,19,20). The number of rotatable bonds is 2. The van der Waals surface area contributed by atoms with Crippen molar-refractivity contribution in [1.82, 2.24) is 9.97 Å². The average Bonchev–Trinajstić information content (AvgIpc) is 3.05. The molecule has 1 aliphatic carbocycles. The first-order valence-electron chi connectivity index (χ1n) is 6.56. The first-order valence-corrected chi connectivity index (χ1v) is 8.55. The highest BCUT2D eigenvalue weighted by atomic mass is 79.9. The van der Waals surface area contributed by atoms with Crippen molar-refractivity contribution in [1.29, 1.82) is 0 Å². The molecule has 1 aromatic carbocycles. The monoisotopic (exact) mass is 383 g/mol. The Labute approximate surface area is 137 Å². The van der Waals surface area contributed by atoms with Crippen LogP contribution in [-0.2, 0) is 6.42 Å². The number of halogens is 2. The maximum Gasteiger partial charge on any atom is 0.323 e. The highest BCUT2D eigenvalue weighted by Crippen LogP contribution is 2.42. The molecule has 0 fully saturated rings. The van der Waals surface area contributed by atoms with Gasteiger partial charge in [0.25, 0.3) is 0 Å². The van der Waals surface area contributed by atoms with Crippen LogP contribution in [-0.4, -0.2) is 9.97 Å². The molecule has 1 atom stereocenters. The molecule has 3 aromatic rings. The molecule has 0 amide bonds. The van der Waals surface area contributed by atoms with E-state index < -0.39 is 0 Å². The lowest BCUT2D eigenvalue weighted by Gasteiger charge is -2.16. The largest absolute Gasteiger partial charge is 0.377 e. The zero-order valence-corrected chi connectivity index (χ0v) is 14.0. The van der Waals surface area contributed by atoms with Crippen molar-refractivity contribution < 1.29 is 0 Å². The van der Waals surface area contributed by atoms with E-state index in [0.29, 0.717) is 0 Å². The fourth-order valence-electron chi connectivity index (χ4n) is 2.83. The maximum atomic E-state index is 11.4. The van der Waals surface area contributed by atoms with E-state index in [1.54, 1.807) is 11.3 Å². The Bertz CT molecular complexity index is 897. The number of fused-ring (bicyclic) bond motifs is 2. The van der Waals surface area contributed by atoms with Gasteiger partial charge in [0.15, 0.2) is 0 Å². The molecule has 0 bridgehead atoms. The zero-order valence-electron chi connectivity index (χ0n) is 10.8. The Balaban J connectivity index is 1.71. The molecule has 2 heterocycles. The predicted molar refractivity (Wildman–Crippen MR) is 90.6 cm³/mol. The first-order chi connectivity index (χ1) is 10.1. The summed E-state index contributed by atoms with van der Waals surface area (Å²) in [5.41, 5.74) is 3.66. The number of benzene rings is 1. The van der Waals surface area contributed by atoms with Crippen molar-refractivity contribution in [2.45, 2.75) is 18.9 Å². The first kappa shape index (κ1) is 13.4. The van der Waals surface area contributed by atoms with Gasteiger partial charge in [-0.2, -0.15) is 0 Å². The van der Waals surface area contributed by atoms with Crippen LogP contribution in [0.15, 0.2) is 27.5 Å². The van der Waals surface area contributed by atoms with Gasteiger partial charge in [0.1, 0.15) is 0 Å². The van der Waals surface area contributed by atoms with Crippen molar-refractivity contribution in [2.75, 3.05) is 5.32 Å². The van der Waals surface area contributed by atoms with Crippen molar-refractivity contribution in [3.63, 3.8) is 0 Å². The zero-order chi connectivity index (χ0) is 14.6. The van der Waals surface area contributed by atoms with Gasteiger partial charge in [-0.25, -0.2) is 4.79 Å². The van der Waals surface area contributed by atoms with Gasteiger partial charge in [-0.15, -0.1) is 11.3 Å². The fraction of sp³-hybridized carbons (Fsp3) is 0.214. The fourth-order valence-corrected chi connectivity index (χ4v) is 4.65. The van der Waals surface area contributed by atoms with Gasteiger partial charge in [0.05, 0.1) is 27.1 Å². The summed E-state index contributed by atoms with van der Waals surface area (Å²) in [7, 11) is 0. The summed E-state index contributed by atoms with van der Waals surface area (Å²) in [5.74, 6) is 0. The topological polar surface area (TPSA) is 60.7 Å². The van der Waals surface area contributed by atoms with E-state index in [4.69, 9.17) is 11.6 Å². The third-order valence-corrected chi connectivity index (χ3v) is 5.78. The minimum atomic E-state index is -0.193. The van der Waals surface area contributed by atoms with E-state index in [1.165, 1.54) is 10.4 Å². The van der Waals surface area contributed by atoms with Crippen molar-refractivity contribution in [3.8, 4) is 0 Å². The lowest BCUT2D eigenvalue weighted by molar-refractivity contribution is 0.762. The van der Waals surface area contributed by atoms with E-state index >= 15 is 0 Å². The molecule has 0 saturated carbocycles. The minimum absolute atomic E-state index is 0.193. The smallest absolute Gasteiger partial charge is 0.323 e. The van der Waals surface area contributed by atoms with Crippen molar-refractivity contribution in [3.05, 3.63) is 47.9 Å². The van der Waals surface area contributed by atoms with Gasteiger partial charge in [-0.1, -0.05) is 11.6 Å². The quantitative estimate of drug-likeness (QED) is 0.612. The SMILES string of the molecule is O=c1[nH]c2cc(Br)c(NC3CCc4sc(Cl)cc43)cc2[nH]1. The van der Waals surface area contributed by atoms with E-state index in [9.17, 15) is 4.79 Å². The Morgan fingerprint density at radius 2 is 2.05 bits per heavy atom. The Morgan fingerprint density at radius 1 is 1.29 bits per heavy atom. The summed E-state index contributed by atoms with van der Waals surface area (Å²) < 4.78 is 1.77. The number of imidazole rings is 1. The third-order valence-electron chi connectivity index (χ3n) is 3.78. The molecule has 0 saturated heterocycles. The highest BCUT2D eigenvalue weighted by Gasteiger charge is 2.25. The van der Waals surface area contributed by atoms with Crippen LogP contribution in [0.25, 0.3) is 11.0 Å². The lowest BCUT2D eigenvalue weighted by atomic mass is 10.1. The number of thiophene rings is 1. The third kappa shape index (κ3) is 2.31. The second-order valence-electron chi connectivity index (χ2n) is 5.12. The molecule has 7 heteroatoms. The summed E-state index contributed by atoms with van der Waals surface area (Å²) in [4.78, 5) is 18.3. The van der Waals surface area contributed by atoms with Crippen molar-refractivity contribution >= 4 is 55.6 Å². The number of H-pyrrole nitrogens is 2. The second-order valence-corrected chi connectivity index (χ2v) is 7.74. The number of aromatic amines is 2. The minimum Gasteiger partial charge on any atom is -0.377 e.